The summed E-state index contributed by atoms with van der Waals surface area (Å²) in [5.74, 6) is 0.376. The van der Waals surface area contributed by atoms with Gasteiger partial charge in [-0.15, -0.1) is 0 Å². The van der Waals surface area contributed by atoms with Crippen LogP contribution in [0.1, 0.15) is 29.6 Å². The average molecular weight is 282 g/mol. The fraction of sp³-hybridized carbons (Fsp3) is 0.500. The van der Waals surface area contributed by atoms with Crippen LogP contribution in [0.25, 0.3) is 0 Å². The zero-order valence-corrected chi connectivity index (χ0v) is 11.8. The molecule has 0 aliphatic heterocycles. The first kappa shape index (κ1) is 14.2. The van der Waals surface area contributed by atoms with E-state index in [0.29, 0.717) is 29.1 Å². The van der Waals surface area contributed by atoms with Crippen LogP contribution < -0.4 is 16.4 Å². The van der Waals surface area contributed by atoms with Gasteiger partial charge >= 0.3 is 0 Å². The maximum atomic E-state index is 11.6. The Bertz CT molecular complexity index is 464. The summed E-state index contributed by atoms with van der Waals surface area (Å²) in [5, 5.41) is 6.68. The number of hydrogen-bond acceptors (Lipinski definition) is 3. The van der Waals surface area contributed by atoms with Crippen molar-refractivity contribution in [2.45, 2.75) is 25.3 Å². The topological polar surface area (TPSA) is 67.2 Å². The quantitative estimate of drug-likeness (QED) is 0.793. The highest BCUT2D eigenvalue weighted by atomic mass is 35.5. The predicted octanol–water partition coefficient (Wildman–Crippen LogP) is 2.24. The van der Waals surface area contributed by atoms with Crippen molar-refractivity contribution in [3.63, 3.8) is 0 Å². The minimum Gasteiger partial charge on any atom is -0.381 e. The van der Waals surface area contributed by atoms with Crippen LogP contribution in [0.15, 0.2) is 18.2 Å². The minimum atomic E-state index is -0.110. The van der Waals surface area contributed by atoms with Crippen LogP contribution in [0.4, 0.5) is 5.69 Å². The van der Waals surface area contributed by atoms with Crippen molar-refractivity contribution < 1.29 is 4.79 Å². The normalized spacial score (nSPS) is 22.3. The molecule has 0 aromatic heterocycles. The monoisotopic (exact) mass is 281 g/mol. The molecule has 2 atom stereocenters. The number of benzene rings is 1. The van der Waals surface area contributed by atoms with E-state index < -0.39 is 0 Å². The van der Waals surface area contributed by atoms with Gasteiger partial charge in [-0.05, 0) is 43.5 Å². The second-order valence-electron chi connectivity index (χ2n) is 4.95. The molecule has 0 bridgehead atoms. The largest absolute Gasteiger partial charge is 0.381 e. The maximum Gasteiger partial charge on any atom is 0.251 e. The van der Waals surface area contributed by atoms with Gasteiger partial charge in [-0.3, -0.25) is 4.79 Å². The van der Waals surface area contributed by atoms with Gasteiger partial charge < -0.3 is 16.4 Å². The molecule has 4 N–H and O–H groups in total. The second-order valence-corrected chi connectivity index (χ2v) is 5.36. The highest BCUT2D eigenvalue weighted by Gasteiger charge is 2.26. The molecule has 0 spiro atoms. The summed E-state index contributed by atoms with van der Waals surface area (Å²) in [6.07, 6.45) is 3.44. The summed E-state index contributed by atoms with van der Waals surface area (Å²) in [4.78, 5) is 11.6. The molecule has 104 valence electrons. The van der Waals surface area contributed by atoms with E-state index in [2.05, 4.69) is 10.6 Å². The van der Waals surface area contributed by atoms with Crippen molar-refractivity contribution in [1.29, 1.82) is 0 Å². The van der Waals surface area contributed by atoms with Crippen LogP contribution in [0, 0.1) is 5.92 Å². The van der Waals surface area contributed by atoms with Gasteiger partial charge in [0.2, 0.25) is 0 Å². The van der Waals surface area contributed by atoms with Crippen molar-refractivity contribution in [3.8, 4) is 0 Å². The fourth-order valence-corrected chi connectivity index (χ4v) is 2.80. The third-order valence-electron chi connectivity index (χ3n) is 3.76. The summed E-state index contributed by atoms with van der Waals surface area (Å²) < 4.78 is 0. The summed E-state index contributed by atoms with van der Waals surface area (Å²) in [6.45, 7) is 0.685. The lowest BCUT2D eigenvalue weighted by Gasteiger charge is -2.21. The van der Waals surface area contributed by atoms with E-state index in [4.69, 9.17) is 17.3 Å². The van der Waals surface area contributed by atoms with E-state index in [1.807, 2.05) is 0 Å². The minimum absolute atomic E-state index is 0.110. The Morgan fingerprint density at radius 3 is 2.95 bits per heavy atom. The number of hydrogen-bond donors (Lipinski definition) is 3. The number of nitrogens with one attached hydrogen (secondary N) is 2. The number of halogens is 1. The van der Waals surface area contributed by atoms with Gasteiger partial charge in [0.25, 0.3) is 5.91 Å². The predicted molar refractivity (Wildman–Crippen MR) is 78.6 cm³/mol. The molecular formula is C14H20ClN3O. The van der Waals surface area contributed by atoms with Gasteiger partial charge in [0.05, 0.1) is 10.7 Å². The van der Waals surface area contributed by atoms with Crippen LogP contribution in [0.5, 0.6) is 0 Å². The number of anilines is 1. The Balaban J connectivity index is 2.17. The van der Waals surface area contributed by atoms with Gasteiger partial charge in [-0.1, -0.05) is 18.0 Å². The summed E-state index contributed by atoms with van der Waals surface area (Å²) in [5.41, 5.74) is 7.20. The molecule has 1 aliphatic rings. The molecule has 5 heteroatoms. The Morgan fingerprint density at radius 2 is 2.26 bits per heavy atom. The van der Waals surface area contributed by atoms with Gasteiger partial charge in [0, 0.05) is 18.7 Å². The van der Waals surface area contributed by atoms with Crippen molar-refractivity contribution in [1.82, 2.24) is 5.32 Å². The van der Waals surface area contributed by atoms with Gasteiger partial charge in [0.1, 0.15) is 0 Å². The molecule has 1 aromatic carbocycles. The third-order valence-corrected chi connectivity index (χ3v) is 4.09. The number of carbonyl (C=O) groups is 1. The number of amides is 1. The molecule has 2 rings (SSSR count). The van der Waals surface area contributed by atoms with Gasteiger partial charge in [0.15, 0.2) is 0 Å². The molecule has 4 nitrogen and oxygen atoms in total. The SMILES string of the molecule is CNC(=O)c1ccc(Cl)c(NC2CCCC2CN)c1. The fourth-order valence-electron chi connectivity index (χ4n) is 2.63. The second kappa shape index (κ2) is 6.26. The molecule has 1 saturated carbocycles. The maximum absolute atomic E-state index is 11.6. The first-order chi connectivity index (χ1) is 9.15. The van der Waals surface area contributed by atoms with E-state index >= 15 is 0 Å². The Morgan fingerprint density at radius 1 is 1.47 bits per heavy atom. The summed E-state index contributed by atoms with van der Waals surface area (Å²) in [6, 6.07) is 5.62. The van der Waals surface area contributed by atoms with Crippen molar-refractivity contribution in [3.05, 3.63) is 28.8 Å². The lowest BCUT2D eigenvalue weighted by atomic mass is 10.0. The molecule has 1 aliphatic carbocycles. The molecule has 1 aromatic rings. The van der Waals surface area contributed by atoms with Crippen molar-refractivity contribution in [2.24, 2.45) is 11.7 Å². The van der Waals surface area contributed by atoms with E-state index in [0.717, 1.165) is 18.5 Å². The van der Waals surface area contributed by atoms with E-state index in [-0.39, 0.29) is 5.91 Å². The number of rotatable bonds is 4. The van der Waals surface area contributed by atoms with E-state index in [1.54, 1.807) is 25.2 Å². The number of carbonyl (C=O) groups excluding carboxylic acids is 1. The average Bonchev–Trinajstić information content (AvgIpc) is 2.87. The molecule has 1 amide bonds. The smallest absolute Gasteiger partial charge is 0.251 e. The van der Waals surface area contributed by atoms with E-state index in [1.165, 1.54) is 6.42 Å². The zero-order chi connectivity index (χ0) is 13.8. The van der Waals surface area contributed by atoms with Crippen molar-refractivity contribution >= 4 is 23.2 Å². The van der Waals surface area contributed by atoms with Gasteiger partial charge in [-0.25, -0.2) is 0 Å². The number of nitrogens with two attached hydrogens (primary N) is 1. The highest BCUT2D eigenvalue weighted by Crippen LogP contribution is 2.31. The first-order valence-corrected chi connectivity index (χ1v) is 7.01. The molecule has 1 fully saturated rings. The molecule has 2 unspecified atom stereocenters. The molecule has 0 heterocycles. The third kappa shape index (κ3) is 3.19. The lowest BCUT2D eigenvalue weighted by Crippen LogP contribution is -2.29. The first-order valence-electron chi connectivity index (χ1n) is 6.64. The summed E-state index contributed by atoms with van der Waals surface area (Å²) in [7, 11) is 1.62. The highest BCUT2D eigenvalue weighted by molar-refractivity contribution is 6.33. The Hall–Kier alpha value is -1.26. The van der Waals surface area contributed by atoms with Crippen molar-refractivity contribution in [2.75, 3.05) is 18.9 Å². The Labute approximate surface area is 118 Å². The molecule has 0 radical (unpaired) electrons. The van der Waals surface area contributed by atoms with Crippen LogP contribution in [0.3, 0.4) is 0 Å². The standard InChI is InChI=1S/C14H20ClN3O/c1-17-14(19)9-5-6-11(15)13(7-9)18-12-4-2-3-10(12)8-16/h5-7,10,12,18H,2-4,8,16H2,1H3,(H,17,19). The molecule has 19 heavy (non-hydrogen) atoms. The van der Waals surface area contributed by atoms with Gasteiger partial charge in [-0.2, -0.15) is 0 Å². The summed E-state index contributed by atoms with van der Waals surface area (Å²) >= 11 is 6.19. The molecular weight excluding hydrogens is 262 g/mol. The van der Waals surface area contributed by atoms with Crippen LogP contribution >= 0.6 is 11.6 Å². The zero-order valence-electron chi connectivity index (χ0n) is 11.1. The Kier molecular flexibility index (Phi) is 4.66. The molecule has 0 saturated heterocycles. The van der Waals surface area contributed by atoms with E-state index in [9.17, 15) is 4.79 Å². The van der Waals surface area contributed by atoms with Crippen LogP contribution in [-0.4, -0.2) is 25.5 Å². The van der Waals surface area contributed by atoms with Crippen LogP contribution in [-0.2, 0) is 0 Å². The lowest BCUT2D eigenvalue weighted by molar-refractivity contribution is 0.0963. The van der Waals surface area contributed by atoms with Crippen LogP contribution in [0.2, 0.25) is 5.02 Å².